The molecule has 1 unspecified atom stereocenters. The second-order valence-electron chi connectivity index (χ2n) is 10.1. The summed E-state index contributed by atoms with van der Waals surface area (Å²) in [5, 5.41) is 0. The van der Waals surface area contributed by atoms with Crippen LogP contribution in [-0.2, 0) is 0 Å². The minimum absolute atomic E-state index is 1.06. The van der Waals surface area contributed by atoms with E-state index in [4.69, 9.17) is 0 Å². The highest BCUT2D eigenvalue weighted by atomic mass is 28.3. The third-order valence-corrected chi connectivity index (χ3v) is 11.1. The van der Waals surface area contributed by atoms with Crippen molar-refractivity contribution < 1.29 is 0 Å². The highest BCUT2D eigenvalue weighted by Gasteiger charge is 2.24. The van der Waals surface area contributed by atoms with Crippen molar-refractivity contribution in [3.63, 3.8) is 0 Å². The monoisotopic (exact) mass is 422 g/mol. The summed E-state index contributed by atoms with van der Waals surface area (Å²) in [4.78, 5) is 0. The first-order valence-electron chi connectivity index (χ1n) is 13.8. The Morgan fingerprint density at radius 1 is 0.448 bits per heavy atom. The largest absolute Gasteiger partial charge is 0.0912 e. The van der Waals surface area contributed by atoms with Gasteiger partial charge in [0.2, 0.25) is 0 Å². The second-order valence-corrected chi connectivity index (χ2v) is 15.1. The van der Waals surface area contributed by atoms with Crippen molar-refractivity contribution in [1.82, 2.24) is 0 Å². The topological polar surface area (TPSA) is 0 Å². The molecule has 0 fully saturated rings. The fraction of sp³-hybridized carbons (Fsp3) is 0.929. The first-order valence-corrected chi connectivity index (χ1v) is 17.0. The molecule has 0 nitrogen and oxygen atoms in total. The Hall–Kier alpha value is -0.0431. The molecule has 0 aromatic rings. The third kappa shape index (κ3) is 21.0. The Morgan fingerprint density at radius 2 is 0.828 bits per heavy atom. The van der Waals surface area contributed by atoms with E-state index in [0.717, 1.165) is 0 Å². The van der Waals surface area contributed by atoms with Crippen LogP contribution in [0.5, 0.6) is 0 Å². The van der Waals surface area contributed by atoms with Crippen molar-refractivity contribution >= 4 is 8.07 Å². The average Bonchev–Trinajstić information content (AvgIpc) is 2.72. The van der Waals surface area contributed by atoms with Crippen LogP contribution in [-0.4, -0.2) is 8.07 Å². The van der Waals surface area contributed by atoms with E-state index >= 15 is 0 Å². The van der Waals surface area contributed by atoms with Crippen LogP contribution < -0.4 is 0 Å². The molecule has 0 N–H and O–H groups in total. The number of hydrogen-bond acceptors (Lipinski definition) is 0. The fourth-order valence-electron chi connectivity index (χ4n) is 4.52. The summed E-state index contributed by atoms with van der Waals surface area (Å²) in [7, 11) is -1.06. The molecule has 0 aliphatic carbocycles. The van der Waals surface area contributed by atoms with Gasteiger partial charge in [-0.3, -0.25) is 0 Å². The number of unbranched alkanes of at least 4 members (excludes halogenated alkanes) is 16. The van der Waals surface area contributed by atoms with Gasteiger partial charge in [-0.25, -0.2) is 0 Å². The van der Waals surface area contributed by atoms with Gasteiger partial charge in [0, 0.05) is 0 Å². The summed E-state index contributed by atoms with van der Waals surface area (Å²) >= 11 is 0. The zero-order chi connectivity index (χ0) is 21.5. The molecular formula is C28H58Si. The Bertz CT molecular complexity index is 335. The van der Waals surface area contributed by atoms with Gasteiger partial charge in [-0.05, 0) is 18.9 Å². The first kappa shape index (κ1) is 29.0. The van der Waals surface area contributed by atoms with Gasteiger partial charge >= 0.3 is 0 Å². The lowest BCUT2D eigenvalue weighted by Gasteiger charge is -2.26. The Balaban J connectivity index is 4.14. The van der Waals surface area contributed by atoms with Gasteiger partial charge in [0.15, 0.2) is 0 Å². The summed E-state index contributed by atoms with van der Waals surface area (Å²) in [6.07, 6.45) is 32.5. The highest BCUT2D eigenvalue weighted by Crippen LogP contribution is 2.28. The van der Waals surface area contributed by atoms with Crippen molar-refractivity contribution in [3.05, 3.63) is 12.2 Å². The van der Waals surface area contributed by atoms with Crippen LogP contribution in [0.3, 0.4) is 0 Å². The van der Waals surface area contributed by atoms with Crippen LogP contribution in [0.2, 0.25) is 24.7 Å². The molecule has 0 rings (SSSR count). The van der Waals surface area contributed by atoms with Crippen LogP contribution in [0.25, 0.3) is 0 Å². The third-order valence-electron chi connectivity index (χ3n) is 6.77. The molecule has 0 heterocycles. The van der Waals surface area contributed by atoms with Gasteiger partial charge in [-0.2, -0.15) is 0 Å². The molecule has 0 amide bonds. The van der Waals surface area contributed by atoms with Gasteiger partial charge in [0.25, 0.3) is 0 Å². The lowest BCUT2D eigenvalue weighted by atomic mass is 10.1. The molecule has 1 atom stereocenters. The van der Waals surface area contributed by atoms with Gasteiger partial charge in [-0.15, -0.1) is 0 Å². The number of rotatable bonds is 23. The molecule has 0 aromatic carbocycles. The molecule has 0 aliphatic rings. The molecule has 0 spiro atoms. The van der Waals surface area contributed by atoms with E-state index in [1.54, 1.807) is 12.1 Å². The highest BCUT2D eigenvalue weighted by molar-refractivity contribution is 6.79. The van der Waals surface area contributed by atoms with Crippen molar-refractivity contribution in [1.29, 1.82) is 0 Å². The quantitative estimate of drug-likeness (QED) is 0.0872. The zero-order valence-corrected chi connectivity index (χ0v) is 22.2. The van der Waals surface area contributed by atoms with Crippen LogP contribution in [0.1, 0.15) is 143 Å². The van der Waals surface area contributed by atoms with Crippen molar-refractivity contribution in [3.8, 4) is 0 Å². The molecule has 0 saturated carbocycles. The van der Waals surface area contributed by atoms with Crippen molar-refractivity contribution in [2.75, 3.05) is 0 Å². The smallest absolute Gasteiger partial charge is 0.0542 e. The van der Waals surface area contributed by atoms with E-state index in [1.807, 2.05) is 0 Å². The Labute approximate surface area is 187 Å². The zero-order valence-electron chi connectivity index (χ0n) is 21.2. The van der Waals surface area contributed by atoms with Crippen molar-refractivity contribution in [2.24, 2.45) is 0 Å². The average molecular weight is 423 g/mol. The molecular weight excluding hydrogens is 364 g/mol. The normalized spacial score (nSPS) is 13.9. The van der Waals surface area contributed by atoms with E-state index in [-0.39, 0.29) is 0 Å². The molecule has 0 radical (unpaired) electrons. The van der Waals surface area contributed by atoms with Crippen LogP contribution in [0.4, 0.5) is 0 Å². The maximum atomic E-state index is 2.72. The van der Waals surface area contributed by atoms with Crippen LogP contribution in [0, 0.1) is 0 Å². The summed E-state index contributed by atoms with van der Waals surface area (Å²) in [6.45, 7) is 9.67. The van der Waals surface area contributed by atoms with Gasteiger partial charge in [0.05, 0.1) is 8.07 Å². The van der Waals surface area contributed by atoms with Crippen LogP contribution >= 0.6 is 0 Å². The fourth-order valence-corrected chi connectivity index (χ4v) is 8.12. The van der Waals surface area contributed by atoms with E-state index in [9.17, 15) is 0 Å². The lowest BCUT2D eigenvalue weighted by Crippen LogP contribution is -2.28. The number of hydrogen-bond donors (Lipinski definition) is 0. The van der Waals surface area contributed by atoms with E-state index in [1.165, 1.54) is 128 Å². The Kier molecular flexibility index (Phi) is 22.6. The lowest BCUT2D eigenvalue weighted by molar-refractivity contribution is 0.598. The van der Waals surface area contributed by atoms with E-state index in [2.05, 4.69) is 39.5 Å². The SMILES string of the molecule is CCCCCCCC=CC[Si](C)(CCCCCCCC)CCCCCCCCC. The maximum absolute atomic E-state index is 2.72. The summed E-state index contributed by atoms with van der Waals surface area (Å²) in [5.41, 5.74) is 0. The second kappa shape index (κ2) is 22.6. The molecule has 174 valence electrons. The summed E-state index contributed by atoms with van der Waals surface area (Å²) in [5.74, 6) is 0. The Morgan fingerprint density at radius 3 is 1.28 bits per heavy atom. The molecule has 29 heavy (non-hydrogen) atoms. The molecule has 0 aliphatic heterocycles. The first-order chi connectivity index (χ1) is 14.2. The summed E-state index contributed by atoms with van der Waals surface area (Å²) < 4.78 is 0. The molecule has 0 bridgehead atoms. The predicted octanol–water partition coefficient (Wildman–Crippen LogP) is 11.1. The molecule has 1 heteroatoms. The maximum Gasteiger partial charge on any atom is 0.0542 e. The van der Waals surface area contributed by atoms with Crippen molar-refractivity contribution in [2.45, 2.75) is 167 Å². The van der Waals surface area contributed by atoms with Gasteiger partial charge in [0.1, 0.15) is 0 Å². The standard InChI is InChI=1S/C28H58Si/c1-5-8-11-14-17-19-22-25-28-29(4,26-23-20-16-13-10-7-3)27-24-21-18-15-12-9-6-2/h22,25H,5-21,23-24,26-28H2,1-4H3. The predicted molar refractivity (Wildman–Crippen MR) is 140 cm³/mol. The van der Waals surface area contributed by atoms with Gasteiger partial charge in [-0.1, -0.05) is 161 Å². The molecule has 0 aromatic heterocycles. The van der Waals surface area contributed by atoms with E-state index in [0.29, 0.717) is 0 Å². The van der Waals surface area contributed by atoms with Gasteiger partial charge < -0.3 is 0 Å². The van der Waals surface area contributed by atoms with E-state index < -0.39 is 8.07 Å². The summed E-state index contributed by atoms with van der Waals surface area (Å²) in [6, 6.07) is 4.61. The molecule has 0 saturated heterocycles. The minimum Gasteiger partial charge on any atom is -0.0912 e. The van der Waals surface area contributed by atoms with Crippen LogP contribution in [0.15, 0.2) is 12.2 Å². The minimum atomic E-state index is -1.06. The number of allylic oxidation sites excluding steroid dienone is 2.